The van der Waals surface area contributed by atoms with Gasteiger partial charge in [-0.3, -0.25) is 9.59 Å². The van der Waals surface area contributed by atoms with Crippen LogP contribution in [0.25, 0.3) is 0 Å². The van der Waals surface area contributed by atoms with Crippen molar-refractivity contribution >= 4 is 11.9 Å². The van der Waals surface area contributed by atoms with E-state index in [1.807, 2.05) is 20.8 Å². The zero-order valence-corrected chi connectivity index (χ0v) is 15.2. The van der Waals surface area contributed by atoms with Gasteiger partial charge in [-0.25, -0.2) is 0 Å². The molecular weight excluding hydrogens is 296 g/mol. The van der Waals surface area contributed by atoms with Crippen LogP contribution in [0.5, 0.6) is 0 Å². The highest BCUT2D eigenvalue weighted by molar-refractivity contribution is 5.75. The molecule has 0 heterocycles. The average molecular weight is 330 g/mol. The van der Waals surface area contributed by atoms with Gasteiger partial charge in [-0.05, 0) is 65.3 Å². The lowest BCUT2D eigenvalue weighted by Gasteiger charge is -2.21. The molecule has 0 bridgehead atoms. The number of rotatable bonds is 11. The van der Waals surface area contributed by atoms with Crippen LogP contribution in [-0.2, 0) is 19.1 Å². The molecular formula is C17H34N2O4. The maximum Gasteiger partial charge on any atom is 0.322 e. The summed E-state index contributed by atoms with van der Waals surface area (Å²) in [6.07, 6.45) is 2.64. The minimum absolute atomic E-state index is 0.0983. The van der Waals surface area contributed by atoms with Gasteiger partial charge >= 0.3 is 11.9 Å². The van der Waals surface area contributed by atoms with Gasteiger partial charge in [-0.2, -0.15) is 0 Å². The monoisotopic (exact) mass is 330 g/mol. The van der Waals surface area contributed by atoms with Crippen LogP contribution in [-0.4, -0.2) is 36.7 Å². The number of carbonyl (C=O) groups is 2. The lowest BCUT2D eigenvalue weighted by molar-refractivity contribution is -0.150. The van der Waals surface area contributed by atoms with Crippen molar-refractivity contribution < 1.29 is 19.1 Å². The van der Waals surface area contributed by atoms with Crippen LogP contribution >= 0.6 is 0 Å². The summed E-state index contributed by atoms with van der Waals surface area (Å²) in [5.41, 5.74) is 11.2. The van der Waals surface area contributed by atoms with Gasteiger partial charge in [0.2, 0.25) is 0 Å². The first-order valence-corrected chi connectivity index (χ1v) is 8.51. The van der Waals surface area contributed by atoms with E-state index in [9.17, 15) is 9.59 Å². The maximum absolute atomic E-state index is 11.7. The molecule has 0 spiro atoms. The van der Waals surface area contributed by atoms with Gasteiger partial charge in [0.05, 0.1) is 12.2 Å². The summed E-state index contributed by atoms with van der Waals surface area (Å²) < 4.78 is 10.4. The zero-order chi connectivity index (χ0) is 18.0. The Hall–Kier alpha value is -1.14. The van der Waals surface area contributed by atoms with Crippen LogP contribution < -0.4 is 11.5 Å². The molecule has 0 aliphatic rings. The molecule has 6 nitrogen and oxygen atoms in total. The Morgan fingerprint density at radius 3 is 2.09 bits per heavy atom. The smallest absolute Gasteiger partial charge is 0.322 e. The van der Waals surface area contributed by atoms with Crippen molar-refractivity contribution in [2.45, 2.75) is 78.6 Å². The molecule has 0 amide bonds. The number of hydrogen-bond donors (Lipinski definition) is 2. The molecule has 0 fully saturated rings. The van der Waals surface area contributed by atoms with Crippen molar-refractivity contribution in [2.75, 3.05) is 6.54 Å². The third-order valence-corrected chi connectivity index (χ3v) is 3.65. The summed E-state index contributed by atoms with van der Waals surface area (Å²) in [4.78, 5) is 23.1. The van der Waals surface area contributed by atoms with Crippen molar-refractivity contribution in [3.63, 3.8) is 0 Å². The molecule has 4 N–H and O–H groups in total. The number of hydrogen-bond acceptors (Lipinski definition) is 6. The Kier molecular flexibility index (Phi) is 10.8. The lowest BCUT2D eigenvalue weighted by atomic mass is 9.89. The molecule has 0 saturated carbocycles. The third-order valence-electron chi connectivity index (χ3n) is 3.65. The predicted octanol–water partition coefficient (Wildman–Crippen LogP) is 1.99. The second-order valence-electron chi connectivity index (χ2n) is 6.80. The van der Waals surface area contributed by atoms with E-state index in [-0.39, 0.29) is 30.1 Å². The second-order valence-corrected chi connectivity index (χ2v) is 6.80. The molecule has 136 valence electrons. The third kappa shape index (κ3) is 11.1. The first kappa shape index (κ1) is 21.9. The summed E-state index contributed by atoms with van der Waals surface area (Å²) in [5.74, 6) is -0.0478. The Balaban J connectivity index is 4.12. The highest BCUT2D eigenvalue weighted by Crippen LogP contribution is 2.21. The fourth-order valence-corrected chi connectivity index (χ4v) is 2.38. The van der Waals surface area contributed by atoms with Crippen molar-refractivity contribution in [3.05, 3.63) is 0 Å². The van der Waals surface area contributed by atoms with E-state index in [4.69, 9.17) is 20.9 Å². The fraction of sp³-hybridized carbons (Fsp3) is 0.882. The fourth-order valence-electron chi connectivity index (χ4n) is 2.38. The molecule has 0 radical (unpaired) electrons. The van der Waals surface area contributed by atoms with Crippen LogP contribution in [0.1, 0.15) is 60.3 Å². The van der Waals surface area contributed by atoms with Gasteiger partial charge in [0.1, 0.15) is 6.04 Å². The van der Waals surface area contributed by atoms with Crippen LogP contribution in [0.3, 0.4) is 0 Å². The molecule has 0 aliphatic heterocycles. The summed E-state index contributed by atoms with van der Waals surface area (Å²) in [7, 11) is 0. The summed E-state index contributed by atoms with van der Waals surface area (Å²) in [6.45, 7) is 9.74. The molecule has 0 aromatic carbocycles. The molecule has 23 heavy (non-hydrogen) atoms. The van der Waals surface area contributed by atoms with Gasteiger partial charge in [-0.15, -0.1) is 0 Å². The minimum Gasteiger partial charge on any atom is -0.463 e. The number of carbonyl (C=O) groups excluding carboxylic acids is 2. The van der Waals surface area contributed by atoms with Crippen molar-refractivity contribution in [3.8, 4) is 0 Å². The highest BCUT2D eigenvalue weighted by Gasteiger charge is 2.19. The SMILES string of the molecule is CC(CCC(C)OC(=O)[C@@H](C)N)C[C@H](CN)CC(=O)OC(C)C. The molecule has 6 heteroatoms. The van der Waals surface area contributed by atoms with Crippen LogP contribution in [0.15, 0.2) is 0 Å². The summed E-state index contributed by atoms with van der Waals surface area (Å²) >= 11 is 0. The van der Waals surface area contributed by atoms with Gasteiger partial charge < -0.3 is 20.9 Å². The van der Waals surface area contributed by atoms with Crippen LogP contribution in [0, 0.1) is 11.8 Å². The predicted molar refractivity (Wildman–Crippen MR) is 90.6 cm³/mol. The summed E-state index contributed by atoms with van der Waals surface area (Å²) in [6, 6.07) is -0.594. The quantitative estimate of drug-likeness (QED) is 0.561. The number of nitrogens with two attached hydrogens (primary N) is 2. The van der Waals surface area contributed by atoms with Gasteiger partial charge in [-0.1, -0.05) is 6.92 Å². The van der Waals surface area contributed by atoms with E-state index in [1.54, 1.807) is 6.92 Å². The van der Waals surface area contributed by atoms with Gasteiger partial charge in [0.15, 0.2) is 0 Å². The highest BCUT2D eigenvalue weighted by atomic mass is 16.5. The van der Waals surface area contributed by atoms with E-state index in [1.165, 1.54) is 0 Å². The van der Waals surface area contributed by atoms with E-state index >= 15 is 0 Å². The van der Waals surface area contributed by atoms with E-state index < -0.39 is 6.04 Å². The Morgan fingerprint density at radius 2 is 1.61 bits per heavy atom. The molecule has 2 unspecified atom stereocenters. The molecule has 0 aromatic rings. The molecule has 0 aliphatic carbocycles. The van der Waals surface area contributed by atoms with E-state index in [2.05, 4.69) is 6.92 Å². The Bertz CT molecular complexity index is 359. The first-order valence-electron chi connectivity index (χ1n) is 8.51. The van der Waals surface area contributed by atoms with Crippen molar-refractivity contribution in [1.82, 2.24) is 0 Å². The number of ether oxygens (including phenoxy) is 2. The second kappa shape index (κ2) is 11.4. The Morgan fingerprint density at radius 1 is 1.00 bits per heavy atom. The molecule has 0 saturated heterocycles. The van der Waals surface area contributed by atoms with E-state index in [0.717, 1.165) is 19.3 Å². The Labute approximate surface area is 140 Å². The van der Waals surface area contributed by atoms with Gasteiger partial charge in [0, 0.05) is 6.42 Å². The first-order chi connectivity index (χ1) is 10.6. The zero-order valence-electron chi connectivity index (χ0n) is 15.2. The van der Waals surface area contributed by atoms with Crippen LogP contribution in [0.2, 0.25) is 0 Å². The van der Waals surface area contributed by atoms with Crippen molar-refractivity contribution in [1.29, 1.82) is 0 Å². The minimum atomic E-state index is -0.594. The molecule has 0 rings (SSSR count). The molecule has 4 atom stereocenters. The normalized spacial score (nSPS) is 16.5. The average Bonchev–Trinajstić information content (AvgIpc) is 2.43. The summed E-state index contributed by atoms with van der Waals surface area (Å²) in [5, 5.41) is 0. The standard InChI is InChI=1S/C17H34N2O4/c1-11(2)22-16(20)9-15(10-18)8-12(3)6-7-13(4)23-17(21)14(5)19/h11-15H,6-10,18-19H2,1-5H3/t12?,13?,14-,15+/m1/s1. The van der Waals surface area contributed by atoms with Gasteiger partial charge in [0.25, 0.3) is 0 Å². The largest absolute Gasteiger partial charge is 0.463 e. The lowest BCUT2D eigenvalue weighted by Crippen LogP contribution is -2.31. The topological polar surface area (TPSA) is 105 Å². The number of esters is 2. The van der Waals surface area contributed by atoms with E-state index in [0.29, 0.717) is 18.9 Å². The molecule has 0 aromatic heterocycles. The van der Waals surface area contributed by atoms with Crippen molar-refractivity contribution in [2.24, 2.45) is 23.3 Å². The van der Waals surface area contributed by atoms with Crippen LogP contribution in [0.4, 0.5) is 0 Å². The maximum atomic E-state index is 11.7.